The van der Waals surface area contributed by atoms with Gasteiger partial charge in [-0.05, 0) is 61.6 Å². The van der Waals surface area contributed by atoms with Crippen LogP contribution in [0.4, 0.5) is 4.39 Å². The van der Waals surface area contributed by atoms with Crippen LogP contribution in [-0.2, 0) is 0 Å². The first-order chi connectivity index (χ1) is 10.7. The number of halogens is 1. The molecule has 0 aliphatic heterocycles. The molecule has 0 N–H and O–H groups in total. The van der Waals surface area contributed by atoms with Crippen LogP contribution >= 0.6 is 0 Å². The van der Waals surface area contributed by atoms with Crippen LogP contribution in [0.1, 0.15) is 42.7 Å². The third kappa shape index (κ3) is 3.14. The van der Waals surface area contributed by atoms with Crippen LogP contribution in [0.5, 0.6) is 0 Å². The van der Waals surface area contributed by atoms with E-state index in [1.165, 1.54) is 18.4 Å². The number of rotatable bonds is 3. The molecule has 0 radical (unpaired) electrons. The smallest absolute Gasteiger partial charge is 0.131 e. The maximum atomic E-state index is 14.5. The molecule has 0 unspecified atom stereocenters. The van der Waals surface area contributed by atoms with Crippen molar-refractivity contribution in [2.45, 2.75) is 38.5 Å². The Morgan fingerprint density at radius 2 is 1.68 bits per heavy atom. The molecule has 2 aromatic rings. The normalized spacial score (nSPS) is 21.5. The monoisotopic (exact) mass is 294 g/mol. The molecule has 1 heteroatoms. The van der Waals surface area contributed by atoms with Gasteiger partial charge in [-0.25, -0.2) is 4.39 Å². The highest BCUT2D eigenvalue weighted by Crippen LogP contribution is 2.37. The fraction of sp³-hybridized carbons (Fsp3) is 0.333. The molecule has 1 aliphatic carbocycles. The molecule has 1 saturated carbocycles. The van der Waals surface area contributed by atoms with Gasteiger partial charge in [0, 0.05) is 5.56 Å². The van der Waals surface area contributed by atoms with E-state index in [0.29, 0.717) is 17.4 Å². The van der Waals surface area contributed by atoms with Crippen LogP contribution in [0, 0.1) is 18.7 Å². The van der Waals surface area contributed by atoms with E-state index < -0.39 is 0 Å². The minimum Gasteiger partial charge on any atom is -0.206 e. The first-order valence-corrected chi connectivity index (χ1v) is 8.16. The van der Waals surface area contributed by atoms with Gasteiger partial charge in [0.2, 0.25) is 0 Å². The van der Waals surface area contributed by atoms with E-state index in [0.717, 1.165) is 24.0 Å². The molecular weight excluding hydrogens is 271 g/mol. The Morgan fingerprint density at radius 1 is 1.00 bits per heavy atom. The van der Waals surface area contributed by atoms with Crippen molar-refractivity contribution in [3.63, 3.8) is 0 Å². The summed E-state index contributed by atoms with van der Waals surface area (Å²) < 4.78 is 14.5. The maximum Gasteiger partial charge on any atom is 0.131 e. The number of aryl methyl sites for hydroxylation is 1. The highest BCUT2D eigenvalue weighted by molar-refractivity contribution is 5.64. The van der Waals surface area contributed by atoms with Crippen LogP contribution < -0.4 is 0 Å². The molecule has 22 heavy (non-hydrogen) atoms. The van der Waals surface area contributed by atoms with Crippen molar-refractivity contribution >= 4 is 0 Å². The van der Waals surface area contributed by atoms with Gasteiger partial charge >= 0.3 is 0 Å². The fourth-order valence-corrected chi connectivity index (χ4v) is 3.44. The summed E-state index contributed by atoms with van der Waals surface area (Å²) in [5.41, 5.74) is 3.99. The minimum atomic E-state index is -0.104. The average molecular weight is 294 g/mol. The van der Waals surface area contributed by atoms with Crippen LogP contribution in [0.15, 0.2) is 55.1 Å². The van der Waals surface area contributed by atoms with E-state index in [4.69, 9.17) is 0 Å². The number of allylic oxidation sites excluding steroid dienone is 1. The molecule has 3 rings (SSSR count). The molecule has 0 bridgehead atoms. The van der Waals surface area contributed by atoms with Crippen LogP contribution in [0.25, 0.3) is 11.1 Å². The lowest BCUT2D eigenvalue weighted by atomic mass is 9.78. The molecule has 0 heterocycles. The summed E-state index contributed by atoms with van der Waals surface area (Å²) in [6.07, 6.45) is 6.70. The SMILES string of the molecule is C=CC1CCC(c2ccc(-c3ccc(C)cc3)c(F)c2)CC1. The molecule has 114 valence electrons. The molecular formula is C21H23F. The highest BCUT2D eigenvalue weighted by atomic mass is 19.1. The fourth-order valence-electron chi connectivity index (χ4n) is 3.44. The summed E-state index contributed by atoms with van der Waals surface area (Å²) in [5.74, 6) is 1.04. The topological polar surface area (TPSA) is 0 Å². The van der Waals surface area contributed by atoms with Gasteiger partial charge in [-0.3, -0.25) is 0 Å². The van der Waals surface area contributed by atoms with Gasteiger partial charge in [0.05, 0.1) is 0 Å². The second-order valence-electron chi connectivity index (χ2n) is 6.45. The van der Waals surface area contributed by atoms with Gasteiger partial charge < -0.3 is 0 Å². The molecule has 0 atom stereocenters. The van der Waals surface area contributed by atoms with Crippen molar-refractivity contribution in [3.05, 3.63) is 72.1 Å². The van der Waals surface area contributed by atoms with Gasteiger partial charge in [-0.1, -0.05) is 48.0 Å². The third-order valence-corrected chi connectivity index (χ3v) is 4.93. The zero-order chi connectivity index (χ0) is 15.5. The van der Waals surface area contributed by atoms with Crippen LogP contribution in [0.2, 0.25) is 0 Å². The van der Waals surface area contributed by atoms with Crippen molar-refractivity contribution < 1.29 is 4.39 Å². The van der Waals surface area contributed by atoms with Crippen LogP contribution in [-0.4, -0.2) is 0 Å². The van der Waals surface area contributed by atoms with Crippen molar-refractivity contribution in [1.82, 2.24) is 0 Å². The molecule has 1 aliphatic rings. The van der Waals surface area contributed by atoms with Gasteiger partial charge in [0.1, 0.15) is 5.82 Å². The Morgan fingerprint density at radius 3 is 2.27 bits per heavy atom. The van der Waals surface area contributed by atoms with Crippen molar-refractivity contribution in [3.8, 4) is 11.1 Å². The first-order valence-electron chi connectivity index (χ1n) is 8.16. The molecule has 0 saturated heterocycles. The Balaban J connectivity index is 1.80. The Bertz CT molecular complexity index is 646. The Hall–Kier alpha value is -1.89. The predicted molar refractivity (Wildman–Crippen MR) is 91.5 cm³/mol. The number of benzene rings is 2. The zero-order valence-corrected chi connectivity index (χ0v) is 13.2. The highest BCUT2D eigenvalue weighted by Gasteiger charge is 2.21. The lowest BCUT2D eigenvalue weighted by Crippen LogP contribution is -2.11. The van der Waals surface area contributed by atoms with E-state index in [9.17, 15) is 4.39 Å². The van der Waals surface area contributed by atoms with Gasteiger partial charge in [-0.15, -0.1) is 6.58 Å². The summed E-state index contributed by atoms with van der Waals surface area (Å²) in [6, 6.07) is 13.8. The third-order valence-electron chi connectivity index (χ3n) is 4.93. The van der Waals surface area contributed by atoms with Crippen molar-refractivity contribution in [1.29, 1.82) is 0 Å². The van der Waals surface area contributed by atoms with E-state index in [-0.39, 0.29) is 5.82 Å². The lowest BCUT2D eigenvalue weighted by molar-refractivity contribution is 0.375. The predicted octanol–water partition coefficient (Wildman–Crippen LogP) is 6.26. The maximum absolute atomic E-state index is 14.5. The van der Waals surface area contributed by atoms with Gasteiger partial charge in [-0.2, -0.15) is 0 Å². The summed E-state index contributed by atoms with van der Waals surface area (Å²) >= 11 is 0. The lowest BCUT2D eigenvalue weighted by Gasteiger charge is -2.27. The molecule has 2 aromatic carbocycles. The van der Waals surface area contributed by atoms with E-state index in [1.54, 1.807) is 6.07 Å². The molecule has 0 nitrogen and oxygen atoms in total. The standard InChI is InChI=1S/C21H23F/c1-3-16-6-10-17(11-7-16)19-12-13-20(21(22)14-19)18-8-4-15(2)5-9-18/h3-5,8-9,12-14,16-17H,1,6-7,10-11H2,2H3. The Labute approximate surface area is 132 Å². The number of hydrogen-bond acceptors (Lipinski definition) is 0. The van der Waals surface area contributed by atoms with Gasteiger partial charge in [0.15, 0.2) is 0 Å². The average Bonchev–Trinajstić information content (AvgIpc) is 2.56. The van der Waals surface area contributed by atoms with Gasteiger partial charge in [0.25, 0.3) is 0 Å². The zero-order valence-electron chi connectivity index (χ0n) is 13.2. The number of hydrogen-bond donors (Lipinski definition) is 0. The van der Waals surface area contributed by atoms with Crippen molar-refractivity contribution in [2.75, 3.05) is 0 Å². The molecule has 0 aromatic heterocycles. The molecule has 0 spiro atoms. The quantitative estimate of drug-likeness (QED) is 0.586. The minimum absolute atomic E-state index is 0.104. The largest absolute Gasteiger partial charge is 0.206 e. The van der Waals surface area contributed by atoms with Crippen LogP contribution in [0.3, 0.4) is 0 Å². The summed E-state index contributed by atoms with van der Waals surface area (Å²) in [7, 11) is 0. The first kappa shape index (κ1) is 15.0. The second-order valence-corrected chi connectivity index (χ2v) is 6.45. The summed E-state index contributed by atoms with van der Waals surface area (Å²) in [6.45, 7) is 5.93. The summed E-state index contributed by atoms with van der Waals surface area (Å²) in [5, 5.41) is 0. The molecule has 1 fully saturated rings. The molecule has 0 amide bonds. The van der Waals surface area contributed by atoms with E-state index in [1.807, 2.05) is 37.3 Å². The Kier molecular flexibility index (Phi) is 4.42. The summed E-state index contributed by atoms with van der Waals surface area (Å²) in [4.78, 5) is 0. The van der Waals surface area contributed by atoms with E-state index in [2.05, 4.69) is 18.7 Å². The second kappa shape index (κ2) is 6.48. The van der Waals surface area contributed by atoms with E-state index >= 15 is 0 Å². The van der Waals surface area contributed by atoms with Crippen molar-refractivity contribution in [2.24, 2.45) is 5.92 Å².